The number of hydrogen-bond donors (Lipinski definition) is 2. The van der Waals surface area contributed by atoms with Gasteiger partial charge in [-0.05, 0) is 11.3 Å². The van der Waals surface area contributed by atoms with Crippen molar-refractivity contribution < 1.29 is 0 Å². The van der Waals surface area contributed by atoms with Crippen LogP contribution in [0.5, 0.6) is 0 Å². The molecule has 0 saturated heterocycles. The van der Waals surface area contributed by atoms with Crippen molar-refractivity contribution in [3.8, 4) is 0 Å². The van der Waals surface area contributed by atoms with E-state index in [4.69, 9.17) is 0 Å². The second-order valence-electron chi connectivity index (χ2n) is 1.97. The third-order valence-corrected chi connectivity index (χ3v) is 1.86. The molecule has 0 amide bonds. The average molecular weight is 261 g/mol. The molecule has 0 spiro atoms. The van der Waals surface area contributed by atoms with Crippen molar-refractivity contribution >= 4 is 39.7 Å². The molecule has 0 bridgehead atoms. The number of rotatable bonds is 1. The summed E-state index contributed by atoms with van der Waals surface area (Å²) in [4.78, 5) is 3.01. The number of aromatic nitrogens is 4. The molecule has 0 unspecified atom stereocenters. The van der Waals surface area contributed by atoms with Gasteiger partial charge in [-0.1, -0.05) is 0 Å². The topological polar surface area (TPSA) is 66.5 Å². The summed E-state index contributed by atoms with van der Waals surface area (Å²) in [6.45, 7) is 0. The van der Waals surface area contributed by atoms with Crippen molar-refractivity contribution in [3.63, 3.8) is 0 Å². The van der Waals surface area contributed by atoms with Crippen LogP contribution in [0.2, 0.25) is 0 Å². The van der Waals surface area contributed by atoms with Crippen LogP contribution in [0.25, 0.3) is 11.0 Å². The second kappa shape index (κ2) is 2.61. The number of nitrogens with one attached hydrogen (secondary N) is 2. The second-order valence-corrected chi connectivity index (χ2v) is 2.51. The van der Waals surface area contributed by atoms with E-state index in [2.05, 4.69) is 23.9 Å². The number of nitrogens with zero attached hydrogens (tertiary/aromatic N) is 3. The first-order valence-electron chi connectivity index (χ1n) is 2.95. The van der Waals surface area contributed by atoms with Crippen LogP contribution in [0, 0.1) is 0 Å². The van der Waals surface area contributed by atoms with Crippen molar-refractivity contribution in [2.45, 2.75) is 0 Å². The molecule has 2 aromatic heterocycles. The lowest BCUT2D eigenvalue weighted by molar-refractivity contribution is 0.903. The van der Waals surface area contributed by atoms with Gasteiger partial charge < -0.3 is 8.51 Å². The summed E-state index contributed by atoms with van der Waals surface area (Å²) in [5.41, 5.74) is 1.70. The number of aromatic amines is 1. The normalized spacial score (nSPS) is 10.3. The molecule has 0 atom stereocenters. The van der Waals surface area contributed by atoms with Gasteiger partial charge in [-0.15, -0.1) is 10.2 Å². The van der Waals surface area contributed by atoms with Gasteiger partial charge in [-0.25, -0.2) is 0 Å². The van der Waals surface area contributed by atoms with Gasteiger partial charge in [-0.2, -0.15) is 0 Å². The lowest BCUT2D eigenvalue weighted by Crippen LogP contribution is -1.92. The van der Waals surface area contributed by atoms with Crippen LogP contribution in [0.15, 0.2) is 12.3 Å². The van der Waals surface area contributed by atoms with Gasteiger partial charge in [0.15, 0.2) is 5.82 Å². The minimum absolute atomic E-state index is 0.709. The summed E-state index contributed by atoms with van der Waals surface area (Å²) in [6, 6.07) is 1.85. The van der Waals surface area contributed by atoms with E-state index in [1.54, 1.807) is 6.20 Å². The molecule has 2 aromatic rings. The van der Waals surface area contributed by atoms with Gasteiger partial charge >= 0.3 is 0 Å². The number of anilines is 1. The third kappa shape index (κ3) is 1.02. The summed E-state index contributed by atoms with van der Waals surface area (Å²) in [7, 11) is 0. The highest BCUT2D eigenvalue weighted by Crippen LogP contribution is 2.16. The van der Waals surface area contributed by atoms with Crippen molar-refractivity contribution in [1.82, 2.24) is 20.4 Å². The molecule has 2 heterocycles. The van der Waals surface area contributed by atoms with Crippen LogP contribution in [-0.2, 0) is 0 Å². The predicted molar refractivity (Wildman–Crippen MR) is 49.3 cm³/mol. The van der Waals surface area contributed by atoms with E-state index in [-0.39, 0.29) is 0 Å². The highest BCUT2D eigenvalue weighted by Gasteiger charge is 2.02. The lowest BCUT2D eigenvalue weighted by Gasteiger charge is -1.94. The van der Waals surface area contributed by atoms with E-state index in [0.717, 1.165) is 11.0 Å². The van der Waals surface area contributed by atoms with E-state index >= 15 is 0 Å². The summed E-state index contributed by atoms with van der Waals surface area (Å²) in [5.74, 6) is 0.709. The number of halogens is 1. The third-order valence-electron chi connectivity index (χ3n) is 1.35. The minimum atomic E-state index is 0.709. The maximum atomic E-state index is 3.81. The maximum absolute atomic E-state index is 3.81. The smallest absolute Gasteiger partial charge is 0.185 e. The number of hydrogen-bond acceptors (Lipinski definition) is 4. The molecule has 0 aromatic carbocycles. The molecule has 0 aliphatic rings. The van der Waals surface area contributed by atoms with Gasteiger partial charge in [0.05, 0.1) is 22.9 Å². The molecule has 0 fully saturated rings. The Labute approximate surface area is 76.1 Å². The Morgan fingerprint density at radius 2 is 2.36 bits per heavy atom. The molecule has 5 nitrogen and oxygen atoms in total. The fraction of sp³-hybridized carbons (Fsp3) is 0. The van der Waals surface area contributed by atoms with Crippen molar-refractivity contribution in [2.75, 3.05) is 3.53 Å². The van der Waals surface area contributed by atoms with Crippen molar-refractivity contribution in [3.05, 3.63) is 12.3 Å². The van der Waals surface area contributed by atoms with Gasteiger partial charge in [0.25, 0.3) is 0 Å². The van der Waals surface area contributed by atoms with E-state index in [1.807, 2.05) is 28.9 Å². The molecule has 0 saturated carbocycles. The van der Waals surface area contributed by atoms with E-state index in [1.165, 1.54) is 0 Å². The summed E-state index contributed by atoms with van der Waals surface area (Å²) >= 11 is 2.00. The maximum Gasteiger partial charge on any atom is 0.185 e. The molecule has 0 aliphatic carbocycles. The van der Waals surface area contributed by atoms with Gasteiger partial charge in [0.1, 0.15) is 11.0 Å². The summed E-state index contributed by atoms with van der Waals surface area (Å²) in [6.07, 6.45) is 1.80. The van der Waals surface area contributed by atoms with Crippen LogP contribution in [0.3, 0.4) is 0 Å². The first-order valence-corrected chi connectivity index (χ1v) is 4.03. The molecule has 6 heteroatoms. The molecular formula is C5H4IN5. The van der Waals surface area contributed by atoms with E-state index in [0.29, 0.717) is 5.82 Å². The first kappa shape index (κ1) is 6.77. The Morgan fingerprint density at radius 3 is 3.18 bits per heavy atom. The number of fused-ring (bicyclic) bond motifs is 1. The first-order chi connectivity index (χ1) is 5.42. The van der Waals surface area contributed by atoms with E-state index < -0.39 is 0 Å². The largest absolute Gasteiger partial charge is 0.357 e. The van der Waals surface area contributed by atoms with Crippen LogP contribution in [-0.4, -0.2) is 20.4 Å². The Kier molecular flexibility index (Phi) is 1.60. The summed E-state index contributed by atoms with van der Waals surface area (Å²) < 4.78 is 2.88. The lowest BCUT2D eigenvalue weighted by atomic mass is 10.4. The zero-order chi connectivity index (χ0) is 7.68. The van der Waals surface area contributed by atoms with Crippen molar-refractivity contribution in [1.29, 1.82) is 0 Å². The van der Waals surface area contributed by atoms with Gasteiger partial charge in [0.2, 0.25) is 0 Å². The van der Waals surface area contributed by atoms with Crippen LogP contribution in [0.4, 0.5) is 5.82 Å². The fourth-order valence-corrected chi connectivity index (χ4v) is 1.24. The molecule has 0 radical (unpaired) electrons. The molecule has 0 aliphatic heterocycles. The molecule has 2 rings (SSSR count). The number of H-pyrrole nitrogens is 1. The Morgan fingerprint density at radius 1 is 1.45 bits per heavy atom. The van der Waals surface area contributed by atoms with Crippen molar-refractivity contribution in [2.24, 2.45) is 0 Å². The zero-order valence-corrected chi connectivity index (χ0v) is 7.53. The fourth-order valence-electron chi connectivity index (χ4n) is 0.866. The Hall–Kier alpha value is -0.920. The van der Waals surface area contributed by atoms with Gasteiger partial charge in [-0.3, -0.25) is 0 Å². The van der Waals surface area contributed by atoms with Crippen LogP contribution < -0.4 is 3.53 Å². The molecule has 56 valence electrons. The Balaban J connectivity index is 2.79. The molecule has 11 heavy (non-hydrogen) atoms. The minimum Gasteiger partial charge on any atom is -0.357 e. The zero-order valence-electron chi connectivity index (χ0n) is 5.37. The Bertz CT molecular complexity index is 370. The highest BCUT2D eigenvalue weighted by molar-refractivity contribution is 14.1. The average Bonchev–Trinajstić information content (AvgIpc) is 2.50. The monoisotopic (exact) mass is 261 g/mol. The highest BCUT2D eigenvalue weighted by atomic mass is 127. The standard InChI is InChI=1S/C5H4IN5/c6-8-5-4-3(1-2-7-4)9-11-10-5/h1-2,7H,(H,8,9,10). The quantitative estimate of drug-likeness (QED) is 0.596. The SMILES string of the molecule is INc1nnnc2cc[nH]c12. The predicted octanol–water partition coefficient (Wildman–Crippen LogP) is 1.11. The van der Waals surface area contributed by atoms with Gasteiger partial charge in [0, 0.05) is 6.20 Å². The van der Waals surface area contributed by atoms with Crippen LogP contribution >= 0.6 is 22.9 Å². The molecule has 2 N–H and O–H groups in total. The van der Waals surface area contributed by atoms with Crippen LogP contribution in [0.1, 0.15) is 0 Å². The summed E-state index contributed by atoms with van der Waals surface area (Å²) in [5, 5.41) is 11.2. The van der Waals surface area contributed by atoms with E-state index in [9.17, 15) is 0 Å². The molecular weight excluding hydrogens is 257 g/mol.